The summed E-state index contributed by atoms with van der Waals surface area (Å²) in [6.07, 6.45) is 0. The molecule has 0 radical (unpaired) electrons. The van der Waals surface area contributed by atoms with Crippen molar-refractivity contribution >= 4 is 28.8 Å². The van der Waals surface area contributed by atoms with Crippen LogP contribution in [0.3, 0.4) is 0 Å². The monoisotopic (exact) mass is 418 g/mol. The van der Waals surface area contributed by atoms with Crippen LogP contribution in [-0.2, 0) is 6.54 Å². The van der Waals surface area contributed by atoms with Crippen LogP contribution in [0.1, 0.15) is 21.5 Å². The second-order valence-electron chi connectivity index (χ2n) is 6.79. The average Bonchev–Trinajstić information content (AvgIpc) is 3.23. The van der Waals surface area contributed by atoms with Crippen LogP contribution in [0.4, 0.5) is 0 Å². The quantitative estimate of drug-likeness (QED) is 0.409. The third kappa shape index (κ3) is 4.73. The first-order valence-electron chi connectivity index (χ1n) is 9.24. The van der Waals surface area contributed by atoms with Crippen LogP contribution in [0, 0.1) is 6.92 Å². The SMILES string of the molecule is Cc1ccc(-c2csc(-c3ccc(CNC(=O)c4cccc(Cl)c4)cc3)n2)cc1. The highest BCUT2D eigenvalue weighted by molar-refractivity contribution is 7.13. The van der Waals surface area contributed by atoms with Gasteiger partial charge in [0.15, 0.2) is 0 Å². The molecule has 1 amide bonds. The fourth-order valence-corrected chi connectivity index (χ4v) is 3.97. The summed E-state index contributed by atoms with van der Waals surface area (Å²) in [4.78, 5) is 17.0. The van der Waals surface area contributed by atoms with E-state index in [1.165, 1.54) is 5.56 Å². The standard InChI is InChI=1S/C24H19ClN2OS/c1-16-5-9-18(10-6-16)22-15-29-24(27-22)19-11-7-17(8-12-19)14-26-23(28)20-3-2-4-21(25)13-20/h2-13,15H,14H2,1H3,(H,26,28). The lowest BCUT2D eigenvalue weighted by Gasteiger charge is -2.06. The molecule has 29 heavy (non-hydrogen) atoms. The van der Waals surface area contributed by atoms with Crippen LogP contribution >= 0.6 is 22.9 Å². The molecule has 1 heterocycles. The van der Waals surface area contributed by atoms with E-state index in [-0.39, 0.29) is 5.91 Å². The number of rotatable bonds is 5. The van der Waals surface area contributed by atoms with Crippen molar-refractivity contribution in [3.8, 4) is 21.8 Å². The van der Waals surface area contributed by atoms with Crippen molar-refractivity contribution in [3.05, 3.63) is 99.9 Å². The minimum atomic E-state index is -0.140. The Bertz CT molecular complexity index is 1130. The van der Waals surface area contributed by atoms with Gasteiger partial charge < -0.3 is 5.32 Å². The number of aromatic nitrogens is 1. The summed E-state index contributed by atoms with van der Waals surface area (Å²) in [5.74, 6) is -0.140. The van der Waals surface area contributed by atoms with E-state index >= 15 is 0 Å². The predicted octanol–water partition coefficient (Wildman–Crippen LogP) is 6.37. The van der Waals surface area contributed by atoms with E-state index < -0.39 is 0 Å². The molecular weight excluding hydrogens is 400 g/mol. The molecule has 0 unspecified atom stereocenters. The molecule has 0 spiro atoms. The first kappa shape index (κ1) is 19.4. The van der Waals surface area contributed by atoms with Gasteiger partial charge in [0.1, 0.15) is 5.01 Å². The minimum absolute atomic E-state index is 0.140. The van der Waals surface area contributed by atoms with Crippen LogP contribution in [-0.4, -0.2) is 10.9 Å². The number of nitrogens with zero attached hydrogens (tertiary/aromatic N) is 1. The van der Waals surface area contributed by atoms with Gasteiger partial charge in [0.2, 0.25) is 0 Å². The average molecular weight is 419 g/mol. The third-order valence-electron chi connectivity index (χ3n) is 4.59. The van der Waals surface area contributed by atoms with Gasteiger partial charge in [-0.25, -0.2) is 4.98 Å². The second kappa shape index (κ2) is 8.60. The van der Waals surface area contributed by atoms with Crippen LogP contribution < -0.4 is 5.32 Å². The van der Waals surface area contributed by atoms with Gasteiger partial charge in [0.05, 0.1) is 5.69 Å². The Balaban J connectivity index is 1.42. The van der Waals surface area contributed by atoms with E-state index in [1.54, 1.807) is 35.6 Å². The summed E-state index contributed by atoms with van der Waals surface area (Å²) >= 11 is 7.58. The van der Waals surface area contributed by atoms with Gasteiger partial charge in [-0.3, -0.25) is 4.79 Å². The molecule has 1 aromatic heterocycles. The molecule has 3 nitrogen and oxygen atoms in total. The molecule has 0 aliphatic carbocycles. The number of hydrogen-bond donors (Lipinski definition) is 1. The van der Waals surface area contributed by atoms with Crippen LogP contribution in [0.15, 0.2) is 78.2 Å². The maximum atomic E-state index is 12.2. The molecule has 0 saturated heterocycles. The molecule has 5 heteroatoms. The molecular formula is C24H19ClN2OS. The van der Waals surface area contributed by atoms with E-state index in [0.717, 1.165) is 27.4 Å². The summed E-state index contributed by atoms with van der Waals surface area (Å²) in [6.45, 7) is 2.54. The van der Waals surface area contributed by atoms with Crippen molar-refractivity contribution < 1.29 is 4.79 Å². The summed E-state index contributed by atoms with van der Waals surface area (Å²) < 4.78 is 0. The Morgan fingerprint density at radius 2 is 1.72 bits per heavy atom. The molecule has 0 atom stereocenters. The molecule has 4 rings (SSSR count). The van der Waals surface area contributed by atoms with Crippen LogP contribution in [0.25, 0.3) is 21.8 Å². The van der Waals surface area contributed by atoms with Gasteiger partial charge in [-0.2, -0.15) is 0 Å². The summed E-state index contributed by atoms with van der Waals surface area (Å²) in [7, 11) is 0. The van der Waals surface area contributed by atoms with E-state index in [2.05, 4.69) is 41.9 Å². The van der Waals surface area contributed by atoms with Gasteiger partial charge in [-0.05, 0) is 30.7 Å². The zero-order valence-corrected chi connectivity index (χ0v) is 17.4. The highest BCUT2D eigenvalue weighted by Gasteiger charge is 2.08. The maximum Gasteiger partial charge on any atom is 0.251 e. The van der Waals surface area contributed by atoms with E-state index in [1.807, 2.05) is 24.3 Å². The van der Waals surface area contributed by atoms with E-state index in [9.17, 15) is 4.79 Å². The van der Waals surface area contributed by atoms with Gasteiger partial charge in [0.25, 0.3) is 5.91 Å². The molecule has 1 N–H and O–H groups in total. The summed E-state index contributed by atoms with van der Waals surface area (Å²) in [5.41, 5.74) is 6.00. The number of carbonyl (C=O) groups excluding carboxylic acids is 1. The maximum absolute atomic E-state index is 12.2. The summed E-state index contributed by atoms with van der Waals surface area (Å²) in [5, 5.41) is 6.54. The lowest BCUT2D eigenvalue weighted by molar-refractivity contribution is 0.0951. The molecule has 4 aromatic rings. The molecule has 0 saturated carbocycles. The molecule has 3 aromatic carbocycles. The number of hydrogen-bond acceptors (Lipinski definition) is 3. The number of carbonyl (C=O) groups is 1. The number of aryl methyl sites for hydroxylation is 1. The lowest BCUT2D eigenvalue weighted by atomic mass is 10.1. The van der Waals surface area contributed by atoms with Gasteiger partial charge in [-0.15, -0.1) is 11.3 Å². The lowest BCUT2D eigenvalue weighted by Crippen LogP contribution is -2.22. The third-order valence-corrected chi connectivity index (χ3v) is 5.72. The minimum Gasteiger partial charge on any atom is -0.348 e. The predicted molar refractivity (Wildman–Crippen MR) is 120 cm³/mol. The zero-order valence-electron chi connectivity index (χ0n) is 15.9. The zero-order chi connectivity index (χ0) is 20.2. The molecule has 144 valence electrons. The largest absolute Gasteiger partial charge is 0.348 e. The Kier molecular flexibility index (Phi) is 5.74. The van der Waals surface area contributed by atoms with Crippen molar-refractivity contribution in [2.24, 2.45) is 0 Å². The van der Waals surface area contributed by atoms with Crippen molar-refractivity contribution in [2.75, 3.05) is 0 Å². The Hall–Kier alpha value is -2.95. The Morgan fingerprint density at radius 1 is 1.00 bits per heavy atom. The summed E-state index contributed by atoms with van der Waals surface area (Å²) in [6, 6.07) is 23.4. The van der Waals surface area contributed by atoms with E-state index in [4.69, 9.17) is 16.6 Å². The number of nitrogens with one attached hydrogen (secondary N) is 1. The number of thiazole rings is 1. The second-order valence-corrected chi connectivity index (χ2v) is 8.09. The first-order chi connectivity index (χ1) is 14.1. The van der Waals surface area contributed by atoms with Crippen molar-refractivity contribution in [2.45, 2.75) is 13.5 Å². The molecule has 0 fully saturated rings. The molecule has 0 aliphatic heterocycles. The first-order valence-corrected chi connectivity index (χ1v) is 10.5. The van der Waals surface area contributed by atoms with Gasteiger partial charge >= 0.3 is 0 Å². The number of benzene rings is 3. The Morgan fingerprint density at radius 3 is 2.45 bits per heavy atom. The number of amides is 1. The van der Waals surface area contributed by atoms with Crippen molar-refractivity contribution in [3.63, 3.8) is 0 Å². The fourth-order valence-electron chi connectivity index (χ4n) is 2.94. The van der Waals surface area contributed by atoms with Crippen LogP contribution in [0.5, 0.6) is 0 Å². The number of halogens is 1. The molecule has 0 bridgehead atoms. The van der Waals surface area contributed by atoms with Crippen molar-refractivity contribution in [1.29, 1.82) is 0 Å². The topological polar surface area (TPSA) is 42.0 Å². The van der Waals surface area contributed by atoms with Gasteiger partial charge in [-0.1, -0.05) is 71.8 Å². The highest BCUT2D eigenvalue weighted by Crippen LogP contribution is 2.29. The van der Waals surface area contributed by atoms with Crippen LogP contribution in [0.2, 0.25) is 5.02 Å². The van der Waals surface area contributed by atoms with Gasteiger partial charge in [0, 0.05) is 33.6 Å². The van der Waals surface area contributed by atoms with E-state index in [0.29, 0.717) is 17.1 Å². The Labute approximate surface area is 179 Å². The smallest absolute Gasteiger partial charge is 0.251 e. The highest BCUT2D eigenvalue weighted by atomic mass is 35.5. The molecule has 0 aliphatic rings. The normalized spacial score (nSPS) is 10.7. The van der Waals surface area contributed by atoms with Crippen molar-refractivity contribution in [1.82, 2.24) is 10.3 Å². The fraction of sp³-hybridized carbons (Fsp3) is 0.0833.